The molecule has 0 saturated heterocycles. The standard InChI is InChI=1S/C14H13BrN4S/c1-19-9-17-18-14(19)12-4-2-3-5-13(12)16-7-11-6-10(15)8-20-11/h2-6,8-9,16H,7H2,1H3. The summed E-state index contributed by atoms with van der Waals surface area (Å²) in [6.07, 6.45) is 1.71. The summed E-state index contributed by atoms with van der Waals surface area (Å²) in [5, 5.41) is 13.7. The van der Waals surface area contributed by atoms with Crippen LogP contribution < -0.4 is 5.32 Å². The molecule has 1 aromatic carbocycles. The van der Waals surface area contributed by atoms with Gasteiger partial charge in [0.1, 0.15) is 6.33 Å². The number of anilines is 1. The number of nitrogens with zero attached hydrogens (tertiary/aromatic N) is 3. The Labute approximate surface area is 129 Å². The monoisotopic (exact) mass is 348 g/mol. The molecular formula is C14H13BrN4S. The largest absolute Gasteiger partial charge is 0.380 e. The average molecular weight is 349 g/mol. The third-order valence-corrected chi connectivity index (χ3v) is 4.65. The summed E-state index contributed by atoms with van der Waals surface area (Å²) >= 11 is 5.21. The Morgan fingerprint density at radius 2 is 2.20 bits per heavy atom. The van der Waals surface area contributed by atoms with Gasteiger partial charge in [-0.1, -0.05) is 12.1 Å². The van der Waals surface area contributed by atoms with Crippen LogP contribution in [0.2, 0.25) is 0 Å². The minimum Gasteiger partial charge on any atom is -0.380 e. The molecule has 0 fully saturated rings. The van der Waals surface area contributed by atoms with Crippen molar-refractivity contribution in [2.45, 2.75) is 6.54 Å². The number of hydrogen-bond acceptors (Lipinski definition) is 4. The molecule has 3 rings (SSSR count). The molecular weight excluding hydrogens is 336 g/mol. The molecule has 6 heteroatoms. The molecule has 0 amide bonds. The summed E-state index contributed by atoms with van der Waals surface area (Å²) in [4.78, 5) is 1.28. The zero-order chi connectivity index (χ0) is 13.9. The highest BCUT2D eigenvalue weighted by Crippen LogP contribution is 2.27. The van der Waals surface area contributed by atoms with Crippen LogP contribution in [-0.2, 0) is 13.6 Å². The Balaban J connectivity index is 1.85. The van der Waals surface area contributed by atoms with Gasteiger partial charge in [0.05, 0.1) is 0 Å². The van der Waals surface area contributed by atoms with E-state index in [1.165, 1.54) is 4.88 Å². The van der Waals surface area contributed by atoms with Gasteiger partial charge in [0.15, 0.2) is 5.82 Å². The molecule has 4 nitrogen and oxygen atoms in total. The van der Waals surface area contributed by atoms with Crippen molar-refractivity contribution in [3.63, 3.8) is 0 Å². The molecule has 0 aliphatic rings. The van der Waals surface area contributed by atoms with Gasteiger partial charge in [-0.2, -0.15) is 0 Å². The van der Waals surface area contributed by atoms with E-state index in [4.69, 9.17) is 0 Å². The molecule has 0 aliphatic carbocycles. The maximum atomic E-state index is 4.17. The normalized spacial score (nSPS) is 10.7. The second-order valence-electron chi connectivity index (χ2n) is 4.40. The molecule has 0 atom stereocenters. The van der Waals surface area contributed by atoms with Crippen LogP contribution in [0.5, 0.6) is 0 Å². The maximum Gasteiger partial charge on any atom is 0.165 e. The smallest absolute Gasteiger partial charge is 0.165 e. The fraction of sp³-hybridized carbons (Fsp3) is 0.143. The van der Waals surface area contributed by atoms with Crippen molar-refractivity contribution >= 4 is 33.0 Å². The predicted molar refractivity (Wildman–Crippen MR) is 85.8 cm³/mol. The topological polar surface area (TPSA) is 42.7 Å². The summed E-state index contributed by atoms with van der Waals surface area (Å²) in [5.74, 6) is 0.862. The maximum absolute atomic E-state index is 4.17. The number of rotatable bonds is 4. The molecule has 0 unspecified atom stereocenters. The van der Waals surface area contributed by atoms with Gasteiger partial charge in [0.25, 0.3) is 0 Å². The van der Waals surface area contributed by atoms with Crippen molar-refractivity contribution in [1.29, 1.82) is 0 Å². The number of aromatic nitrogens is 3. The van der Waals surface area contributed by atoms with Crippen LogP contribution in [0.3, 0.4) is 0 Å². The van der Waals surface area contributed by atoms with Crippen LogP contribution in [0.15, 0.2) is 46.5 Å². The Hall–Kier alpha value is -1.66. The van der Waals surface area contributed by atoms with Crippen LogP contribution >= 0.6 is 27.3 Å². The molecule has 1 N–H and O–H groups in total. The van der Waals surface area contributed by atoms with Gasteiger partial charge >= 0.3 is 0 Å². The fourth-order valence-electron chi connectivity index (χ4n) is 1.99. The number of halogens is 1. The van der Waals surface area contributed by atoms with Crippen molar-refractivity contribution in [2.75, 3.05) is 5.32 Å². The Kier molecular flexibility index (Phi) is 3.84. The lowest BCUT2D eigenvalue weighted by atomic mass is 10.1. The summed E-state index contributed by atoms with van der Waals surface area (Å²) < 4.78 is 3.04. The zero-order valence-electron chi connectivity index (χ0n) is 10.9. The lowest BCUT2D eigenvalue weighted by Crippen LogP contribution is -2.01. The van der Waals surface area contributed by atoms with E-state index in [0.29, 0.717) is 0 Å². The first-order chi connectivity index (χ1) is 9.74. The van der Waals surface area contributed by atoms with Crippen LogP contribution in [0.1, 0.15) is 4.88 Å². The van der Waals surface area contributed by atoms with Gasteiger partial charge in [-0.25, -0.2) is 0 Å². The van der Waals surface area contributed by atoms with Crippen molar-refractivity contribution in [3.05, 3.63) is 51.4 Å². The quantitative estimate of drug-likeness (QED) is 0.776. The van der Waals surface area contributed by atoms with Crippen LogP contribution in [0, 0.1) is 0 Å². The predicted octanol–water partition coefficient (Wildman–Crippen LogP) is 3.92. The van der Waals surface area contributed by atoms with Crippen molar-refractivity contribution in [3.8, 4) is 11.4 Å². The minimum atomic E-state index is 0.797. The summed E-state index contributed by atoms with van der Waals surface area (Å²) in [7, 11) is 1.95. The Morgan fingerprint density at radius 3 is 2.90 bits per heavy atom. The Bertz CT molecular complexity index is 719. The zero-order valence-corrected chi connectivity index (χ0v) is 13.3. The van der Waals surface area contributed by atoms with Crippen molar-refractivity contribution < 1.29 is 0 Å². The van der Waals surface area contributed by atoms with E-state index in [2.05, 4.69) is 55.0 Å². The van der Waals surface area contributed by atoms with E-state index in [0.717, 1.165) is 28.1 Å². The van der Waals surface area contributed by atoms with Gasteiger partial charge in [-0.05, 0) is 34.1 Å². The molecule has 2 heterocycles. The van der Waals surface area contributed by atoms with E-state index in [9.17, 15) is 0 Å². The molecule has 20 heavy (non-hydrogen) atoms. The van der Waals surface area contributed by atoms with Crippen molar-refractivity contribution in [1.82, 2.24) is 14.8 Å². The third-order valence-electron chi connectivity index (χ3n) is 2.95. The van der Waals surface area contributed by atoms with Crippen molar-refractivity contribution in [2.24, 2.45) is 7.05 Å². The number of nitrogens with one attached hydrogen (secondary N) is 1. The first kappa shape index (κ1) is 13.3. The highest BCUT2D eigenvalue weighted by Gasteiger charge is 2.09. The summed E-state index contributed by atoms with van der Waals surface area (Å²) in [5.41, 5.74) is 2.12. The highest BCUT2D eigenvalue weighted by molar-refractivity contribution is 9.10. The molecule has 102 valence electrons. The molecule has 0 bridgehead atoms. The van der Waals surface area contributed by atoms with Gasteiger partial charge in [-0.15, -0.1) is 21.5 Å². The second kappa shape index (κ2) is 5.76. The number of thiophene rings is 1. The molecule has 2 aromatic heterocycles. The lowest BCUT2D eigenvalue weighted by molar-refractivity contribution is 0.919. The van der Waals surface area contributed by atoms with Gasteiger partial charge in [0.2, 0.25) is 0 Å². The average Bonchev–Trinajstić information content (AvgIpc) is 3.05. The SMILES string of the molecule is Cn1cnnc1-c1ccccc1NCc1cc(Br)cs1. The number of hydrogen-bond donors (Lipinski definition) is 1. The van der Waals surface area contributed by atoms with Crippen LogP contribution in [0.25, 0.3) is 11.4 Å². The molecule has 0 radical (unpaired) electrons. The van der Waals surface area contributed by atoms with Gasteiger partial charge < -0.3 is 9.88 Å². The minimum absolute atomic E-state index is 0.797. The second-order valence-corrected chi connectivity index (χ2v) is 6.31. The lowest BCUT2D eigenvalue weighted by Gasteiger charge is -2.10. The van der Waals surface area contributed by atoms with Gasteiger partial charge in [-0.3, -0.25) is 0 Å². The molecule has 0 aliphatic heterocycles. The molecule has 0 spiro atoms. The molecule has 3 aromatic rings. The Morgan fingerprint density at radius 1 is 1.35 bits per heavy atom. The first-order valence-electron chi connectivity index (χ1n) is 6.14. The van der Waals surface area contributed by atoms with Gasteiger partial charge in [0, 0.05) is 39.6 Å². The number of benzene rings is 1. The number of aryl methyl sites for hydroxylation is 1. The molecule has 0 saturated carbocycles. The summed E-state index contributed by atoms with van der Waals surface area (Å²) in [6.45, 7) is 0.797. The fourth-order valence-corrected chi connectivity index (χ4v) is 3.38. The number of para-hydroxylation sites is 1. The van der Waals surface area contributed by atoms with E-state index >= 15 is 0 Å². The summed E-state index contributed by atoms with van der Waals surface area (Å²) in [6, 6.07) is 10.3. The van der Waals surface area contributed by atoms with E-state index in [-0.39, 0.29) is 0 Å². The van der Waals surface area contributed by atoms with E-state index < -0.39 is 0 Å². The first-order valence-corrected chi connectivity index (χ1v) is 7.81. The van der Waals surface area contributed by atoms with E-state index in [1.54, 1.807) is 17.7 Å². The van der Waals surface area contributed by atoms with Crippen LogP contribution in [0.4, 0.5) is 5.69 Å². The van der Waals surface area contributed by atoms with Crippen LogP contribution in [-0.4, -0.2) is 14.8 Å². The highest BCUT2D eigenvalue weighted by atomic mass is 79.9. The van der Waals surface area contributed by atoms with E-state index in [1.807, 2.05) is 23.7 Å². The third kappa shape index (κ3) is 2.76.